The lowest BCUT2D eigenvalue weighted by atomic mass is 10.1. The van der Waals surface area contributed by atoms with Gasteiger partial charge in [0.25, 0.3) is 5.91 Å². The molecule has 0 spiro atoms. The van der Waals surface area contributed by atoms with Crippen LogP contribution in [0.1, 0.15) is 44.5 Å². The van der Waals surface area contributed by atoms with Gasteiger partial charge in [0, 0.05) is 29.0 Å². The van der Waals surface area contributed by atoms with E-state index in [-0.39, 0.29) is 24.4 Å². The molecule has 0 saturated carbocycles. The van der Waals surface area contributed by atoms with Crippen LogP contribution in [0.25, 0.3) is 0 Å². The Morgan fingerprint density at radius 3 is 2.38 bits per heavy atom. The SMILES string of the molecule is CCC(C)NC(=O)c1ccc(NCC(=O)Nc2cccc(OCC(C)C)c2)cc1. The highest BCUT2D eigenvalue weighted by atomic mass is 16.5. The van der Waals surface area contributed by atoms with E-state index in [4.69, 9.17) is 4.74 Å². The highest BCUT2D eigenvalue weighted by Crippen LogP contribution is 2.18. The van der Waals surface area contributed by atoms with Gasteiger partial charge in [0.2, 0.25) is 5.91 Å². The van der Waals surface area contributed by atoms with Crippen LogP contribution in [0, 0.1) is 5.92 Å². The zero-order valence-electron chi connectivity index (χ0n) is 17.6. The van der Waals surface area contributed by atoms with E-state index in [1.54, 1.807) is 24.3 Å². The maximum absolute atomic E-state index is 12.2. The summed E-state index contributed by atoms with van der Waals surface area (Å²) in [5.74, 6) is 0.911. The molecule has 0 aliphatic heterocycles. The minimum atomic E-state index is -0.162. The normalized spacial score (nSPS) is 11.6. The summed E-state index contributed by atoms with van der Waals surface area (Å²) in [6, 6.07) is 14.6. The zero-order valence-corrected chi connectivity index (χ0v) is 17.6. The van der Waals surface area contributed by atoms with Crippen LogP contribution in [-0.2, 0) is 4.79 Å². The van der Waals surface area contributed by atoms with Crippen molar-refractivity contribution in [3.05, 3.63) is 54.1 Å². The quantitative estimate of drug-likeness (QED) is 0.558. The fraction of sp³-hybridized carbons (Fsp3) is 0.391. The Kier molecular flexibility index (Phi) is 8.52. The standard InChI is InChI=1S/C23H31N3O3/c1-5-17(4)25-23(28)18-9-11-19(12-10-18)24-14-22(27)26-20-7-6-8-21(13-20)29-15-16(2)3/h6-13,16-17,24H,5,14-15H2,1-4H3,(H,25,28)(H,26,27). The monoisotopic (exact) mass is 397 g/mol. The van der Waals surface area contributed by atoms with Crippen molar-refractivity contribution >= 4 is 23.2 Å². The Balaban J connectivity index is 1.83. The number of rotatable bonds is 10. The summed E-state index contributed by atoms with van der Waals surface area (Å²) in [5.41, 5.74) is 2.06. The van der Waals surface area contributed by atoms with Gasteiger partial charge in [-0.15, -0.1) is 0 Å². The molecule has 6 heteroatoms. The van der Waals surface area contributed by atoms with Crippen LogP contribution < -0.4 is 20.7 Å². The van der Waals surface area contributed by atoms with Crippen molar-refractivity contribution in [3.63, 3.8) is 0 Å². The molecule has 0 heterocycles. The number of hydrogen-bond acceptors (Lipinski definition) is 4. The molecule has 1 atom stereocenters. The molecule has 2 aromatic carbocycles. The topological polar surface area (TPSA) is 79.5 Å². The van der Waals surface area contributed by atoms with Crippen LogP contribution in [0.5, 0.6) is 5.75 Å². The maximum atomic E-state index is 12.2. The van der Waals surface area contributed by atoms with Crippen LogP contribution in [0.4, 0.5) is 11.4 Å². The number of nitrogens with one attached hydrogen (secondary N) is 3. The molecular weight excluding hydrogens is 366 g/mol. The second kappa shape index (κ2) is 11.1. The highest BCUT2D eigenvalue weighted by Gasteiger charge is 2.09. The second-order valence-electron chi connectivity index (χ2n) is 7.49. The molecule has 0 aliphatic carbocycles. The lowest BCUT2D eigenvalue weighted by Gasteiger charge is -2.12. The Hall–Kier alpha value is -3.02. The predicted octanol–water partition coefficient (Wildman–Crippen LogP) is 4.30. The summed E-state index contributed by atoms with van der Waals surface area (Å²) >= 11 is 0. The van der Waals surface area contributed by atoms with Gasteiger partial charge in [0.15, 0.2) is 0 Å². The van der Waals surface area contributed by atoms with Crippen molar-refractivity contribution in [1.82, 2.24) is 5.32 Å². The molecule has 1 unspecified atom stereocenters. The average molecular weight is 398 g/mol. The third-order valence-electron chi connectivity index (χ3n) is 4.29. The van der Waals surface area contributed by atoms with E-state index in [0.717, 1.165) is 17.9 Å². The molecule has 0 bridgehead atoms. The van der Waals surface area contributed by atoms with Crippen LogP contribution >= 0.6 is 0 Å². The molecule has 0 fully saturated rings. The molecule has 3 N–H and O–H groups in total. The maximum Gasteiger partial charge on any atom is 0.251 e. The summed E-state index contributed by atoms with van der Waals surface area (Å²) in [6.07, 6.45) is 0.882. The number of carbonyl (C=O) groups excluding carboxylic acids is 2. The van der Waals surface area contributed by atoms with Gasteiger partial charge in [-0.25, -0.2) is 0 Å². The van der Waals surface area contributed by atoms with Gasteiger partial charge in [0.1, 0.15) is 5.75 Å². The highest BCUT2D eigenvalue weighted by molar-refractivity contribution is 5.95. The number of benzene rings is 2. The van der Waals surface area contributed by atoms with Gasteiger partial charge < -0.3 is 20.7 Å². The molecule has 6 nitrogen and oxygen atoms in total. The van der Waals surface area contributed by atoms with Gasteiger partial charge in [-0.2, -0.15) is 0 Å². The zero-order chi connectivity index (χ0) is 21.2. The van der Waals surface area contributed by atoms with E-state index in [0.29, 0.717) is 23.8 Å². The van der Waals surface area contributed by atoms with Gasteiger partial charge in [-0.3, -0.25) is 9.59 Å². The van der Waals surface area contributed by atoms with Gasteiger partial charge in [-0.1, -0.05) is 26.8 Å². The molecule has 0 saturated heterocycles. The first-order valence-corrected chi connectivity index (χ1v) is 10.0. The first kappa shape index (κ1) is 22.3. The number of anilines is 2. The molecule has 0 aliphatic rings. The van der Waals surface area contributed by atoms with E-state index in [2.05, 4.69) is 29.8 Å². The van der Waals surface area contributed by atoms with Crippen LogP contribution in [0.15, 0.2) is 48.5 Å². The lowest BCUT2D eigenvalue weighted by molar-refractivity contribution is -0.114. The predicted molar refractivity (Wildman–Crippen MR) is 118 cm³/mol. The van der Waals surface area contributed by atoms with Gasteiger partial charge >= 0.3 is 0 Å². The van der Waals surface area contributed by atoms with Crippen molar-refractivity contribution in [2.24, 2.45) is 5.92 Å². The van der Waals surface area contributed by atoms with E-state index in [1.165, 1.54) is 0 Å². The third-order valence-corrected chi connectivity index (χ3v) is 4.29. The second-order valence-corrected chi connectivity index (χ2v) is 7.49. The third kappa shape index (κ3) is 7.86. The van der Waals surface area contributed by atoms with Crippen LogP contribution in [-0.4, -0.2) is 31.0 Å². The minimum Gasteiger partial charge on any atom is -0.493 e. The van der Waals surface area contributed by atoms with Gasteiger partial charge in [-0.05, 0) is 55.7 Å². The number of carbonyl (C=O) groups is 2. The Bertz CT molecular complexity index is 803. The molecule has 29 heavy (non-hydrogen) atoms. The molecule has 0 aromatic heterocycles. The average Bonchev–Trinajstić information content (AvgIpc) is 2.71. The van der Waals surface area contributed by atoms with Crippen LogP contribution in [0.3, 0.4) is 0 Å². The summed E-state index contributed by atoms with van der Waals surface area (Å²) in [4.78, 5) is 24.3. The fourth-order valence-corrected chi connectivity index (χ4v) is 2.46. The molecule has 156 valence electrons. The Morgan fingerprint density at radius 2 is 1.72 bits per heavy atom. The largest absolute Gasteiger partial charge is 0.493 e. The van der Waals surface area contributed by atoms with Crippen molar-refractivity contribution in [2.45, 2.75) is 40.2 Å². The summed E-state index contributed by atoms with van der Waals surface area (Å²) in [7, 11) is 0. The van der Waals surface area contributed by atoms with E-state index in [9.17, 15) is 9.59 Å². The van der Waals surface area contributed by atoms with Crippen molar-refractivity contribution in [1.29, 1.82) is 0 Å². The van der Waals surface area contributed by atoms with Crippen molar-refractivity contribution in [3.8, 4) is 5.75 Å². The molecular formula is C23H31N3O3. The molecule has 2 rings (SSSR count). The first-order valence-electron chi connectivity index (χ1n) is 10.0. The fourth-order valence-electron chi connectivity index (χ4n) is 2.46. The van der Waals surface area contributed by atoms with Gasteiger partial charge in [0.05, 0.1) is 13.2 Å². The summed E-state index contributed by atoms with van der Waals surface area (Å²) in [6.45, 7) is 8.92. The minimum absolute atomic E-state index is 0.0942. The Labute approximate surface area is 173 Å². The number of hydrogen-bond donors (Lipinski definition) is 3. The Morgan fingerprint density at radius 1 is 1.00 bits per heavy atom. The summed E-state index contributed by atoms with van der Waals surface area (Å²) in [5, 5.41) is 8.84. The number of amides is 2. The van der Waals surface area contributed by atoms with Crippen molar-refractivity contribution < 1.29 is 14.3 Å². The molecule has 2 amide bonds. The number of ether oxygens (including phenoxy) is 1. The van der Waals surface area contributed by atoms with E-state index in [1.807, 2.05) is 38.1 Å². The van der Waals surface area contributed by atoms with Crippen molar-refractivity contribution in [2.75, 3.05) is 23.8 Å². The van der Waals surface area contributed by atoms with E-state index < -0.39 is 0 Å². The molecule has 2 aromatic rings. The molecule has 0 radical (unpaired) electrons. The lowest BCUT2D eigenvalue weighted by Crippen LogP contribution is -2.31. The van der Waals surface area contributed by atoms with E-state index >= 15 is 0 Å². The smallest absolute Gasteiger partial charge is 0.251 e. The summed E-state index contributed by atoms with van der Waals surface area (Å²) < 4.78 is 5.68. The van der Waals surface area contributed by atoms with Crippen LogP contribution in [0.2, 0.25) is 0 Å². The first-order chi connectivity index (χ1) is 13.9.